The summed E-state index contributed by atoms with van der Waals surface area (Å²) < 4.78 is 1.08. The van der Waals surface area contributed by atoms with Crippen molar-refractivity contribution in [1.29, 1.82) is 0 Å². The lowest BCUT2D eigenvalue weighted by Gasteiger charge is -2.15. The first-order chi connectivity index (χ1) is 7.99. The molecule has 1 aromatic carbocycles. The van der Waals surface area contributed by atoms with Gasteiger partial charge in [0.1, 0.15) is 0 Å². The minimum absolute atomic E-state index is 0.556. The Morgan fingerprint density at radius 1 is 1.24 bits per heavy atom. The number of halogens is 2. The molecule has 0 aliphatic heterocycles. The number of nitrogens with one attached hydrogen (secondary N) is 1. The molecule has 17 heavy (non-hydrogen) atoms. The highest BCUT2D eigenvalue weighted by Gasteiger charge is 2.05. The van der Waals surface area contributed by atoms with Gasteiger partial charge in [0.05, 0.1) is 0 Å². The summed E-state index contributed by atoms with van der Waals surface area (Å²) in [6.45, 7) is 7.66. The van der Waals surface area contributed by atoms with Gasteiger partial charge >= 0.3 is 0 Å². The Labute approximate surface area is 118 Å². The van der Waals surface area contributed by atoms with Crippen LogP contribution in [0.3, 0.4) is 0 Å². The quantitative estimate of drug-likeness (QED) is 0.777. The van der Waals surface area contributed by atoms with Gasteiger partial charge in [-0.3, -0.25) is 0 Å². The van der Waals surface area contributed by atoms with Crippen molar-refractivity contribution >= 4 is 27.5 Å². The van der Waals surface area contributed by atoms with Gasteiger partial charge < -0.3 is 5.32 Å². The SMILES string of the molecule is CC(C)CCC(C)NCc1ccc(Cl)cc1Br. The predicted octanol–water partition coefficient (Wildman–Crippen LogP) is 5.02. The second-order valence-electron chi connectivity index (χ2n) is 4.99. The molecule has 3 heteroatoms. The van der Waals surface area contributed by atoms with Crippen LogP contribution in [-0.2, 0) is 6.54 Å². The van der Waals surface area contributed by atoms with Crippen LogP contribution in [0.15, 0.2) is 22.7 Å². The van der Waals surface area contributed by atoms with Crippen molar-refractivity contribution in [2.24, 2.45) is 5.92 Å². The minimum Gasteiger partial charge on any atom is -0.310 e. The monoisotopic (exact) mass is 317 g/mol. The van der Waals surface area contributed by atoms with Crippen LogP contribution in [-0.4, -0.2) is 6.04 Å². The summed E-state index contributed by atoms with van der Waals surface area (Å²) in [6, 6.07) is 6.49. The van der Waals surface area contributed by atoms with Gasteiger partial charge in [-0.1, -0.05) is 47.4 Å². The van der Waals surface area contributed by atoms with Crippen LogP contribution in [0.4, 0.5) is 0 Å². The van der Waals surface area contributed by atoms with Crippen molar-refractivity contribution in [2.45, 2.75) is 46.2 Å². The largest absolute Gasteiger partial charge is 0.310 e. The van der Waals surface area contributed by atoms with E-state index in [9.17, 15) is 0 Å². The topological polar surface area (TPSA) is 12.0 Å². The number of benzene rings is 1. The fourth-order valence-corrected chi connectivity index (χ4v) is 2.46. The maximum atomic E-state index is 5.91. The summed E-state index contributed by atoms with van der Waals surface area (Å²) >= 11 is 9.45. The van der Waals surface area contributed by atoms with Crippen LogP contribution in [0.25, 0.3) is 0 Å². The molecule has 0 fully saturated rings. The molecule has 1 atom stereocenters. The smallest absolute Gasteiger partial charge is 0.0417 e. The first-order valence-corrected chi connectivity index (χ1v) is 7.33. The van der Waals surface area contributed by atoms with Gasteiger partial charge in [-0.2, -0.15) is 0 Å². The lowest BCUT2D eigenvalue weighted by atomic mass is 10.0. The van der Waals surface area contributed by atoms with E-state index in [0.717, 1.165) is 22.0 Å². The number of hydrogen-bond acceptors (Lipinski definition) is 1. The predicted molar refractivity (Wildman–Crippen MR) is 79.5 cm³/mol. The van der Waals surface area contributed by atoms with E-state index in [-0.39, 0.29) is 0 Å². The van der Waals surface area contributed by atoms with E-state index in [2.05, 4.69) is 48.1 Å². The molecule has 0 saturated heterocycles. The fourth-order valence-electron chi connectivity index (χ4n) is 1.63. The van der Waals surface area contributed by atoms with E-state index in [1.165, 1.54) is 18.4 Å². The van der Waals surface area contributed by atoms with Gasteiger partial charge in [-0.25, -0.2) is 0 Å². The molecule has 0 heterocycles. The zero-order valence-electron chi connectivity index (χ0n) is 10.8. The second-order valence-corrected chi connectivity index (χ2v) is 6.28. The molecular weight excluding hydrogens is 298 g/mol. The molecule has 1 aromatic rings. The molecule has 96 valence electrons. The molecule has 0 spiro atoms. The highest BCUT2D eigenvalue weighted by molar-refractivity contribution is 9.10. The third kappa shape index (κ3) is 5.89. The van der Waals surface area contributed by atoms with E-state index < -0.39 is 0 Å². The number of rotatable bonds is 6. The molecular formula is C14H21BrClN. The zero-order chi connectivity index (χ0) is 12.8. The summed E-state index contributed by atoms with van der Waals surface area (Å²) in [6.07, 6.45) is 2.50. The molecule has 0 aliphatic rings. The number of hydrogen-bond donors (Lipinski definition) is 1. The highest BCUT2D eigenvalue weighted by atomic mass is 79.9. The minimum atomic E-state index is 0.556. The average Bonchev–Trinajstić information content (AvgIpc) is 2.25. The standard InChI is InChI=1S/C14H21BrClN/c1-10(2)4-5-11(3)17-9-12-6-7-13(16)8-14(12)15/h6-8,10-11,17H,4-5,9H2,1-3H3. The van der Waals surface area contributed by atoms with Gasteiger partial charge in [0.2, 0.25) is 0 Å². The molecule has 0 radical (unpaired) electrons. The highest BCUT2D eigenvalue weighted by Crippen LogP contribution is 2.21. The van der Waals surface area contributed by atoms with Gasteiger partial charge in [0.15, 0.2) is 0 Å². The van der Waals surface area contributed by atoms with Crippen molar-refractivity contribution in [2.75, 3.05) is 0 Å². The molecule has 0 bridgehead atoms. The lowest BCUT2D eigenvalue weighted by Crippen LogP contribution is -2.25. The first kappa shape index (κ1) is 15.0. The Hall–Kier alpha value is -0.0500. The molecule has 0 saturated carbocycles. The molecule has 1 rings (SSSR count). The zero-order valence-corrected chi connectivity index (χ0v) is 13.1. The molecule has 1 N–H and O–H groups in total. The molecule has 0 aromatic heterocycles. The van der Waals surface area contributed by atoms with Gasteiger partial charge in [-0.05, 0) is 43.4 Å². The van der Waals surface area contributed by atoms with Crippen molar-refractivity contribution in [3.05, 3.63) is 33.3 Å². The van der Waals surface area contributed by atoms with Crippen LogP contribution in [0.2, 0.25) is 5.02 Å². The Morgan fingerprint density at radius 2 is 1.94 bits per heavy atom. The van der Waals surface area contributed by atoms with Crippen molar-refractivity contribution < 1.29 is 0 Å². The van der Waals surface area contributed by atoms with E-state index in [4.69, 9.17) is 11.6 Å². The third-order valence-electron chi connectivity index (χ3n) is 2.83. The molecule has 0 amide bonds. The van der Waals surface area contributed by atoms with E-state index in [0.29, 0.717) is 6.04 Å². The molecule has 1 nitrogen and oxygen atoms in total. The summed E-state index contributed by atoms with van der Waals surface area (Å²) in [5, 5.41) is 4.31. The van der Waals surface area contributed by atoms with Crippen molar-refractivity contribution in [3.8, 4) is 0 Å². The summed E-state index contributed by atoms with van der Waals surface area (Å²) in [7, 11) is 0. The van der Waals surface area contributed by atoms with Gasteiger partial charge in [-0.15, -0.1) is 0 Å². The summed E-state index contributed by atoms with van der Waals surface area (Å²) in [5.41, 5.74) is 1.26. The third-order valence-corrected chi connectivity index (χ3v) is 3.81. The van der Waals surface area contributed by atoms with E-state index in [1.54, 1.807) is 0 Å². The summed E-state index contributed by atoms with van der Waals surface area (Å²) in [4.78, 5) is 0. The van der Waals surface area contributed by atoms with E-state index in [1.807, 2.05) is 12.1 Å². The van der Waals surface area contributed by atoms with Crippen LogP contribution in [0.1, 0.15) is 39.2 Å². The molecule has 0 aliphatic carbocycles. The fraction of sp³-hybridized carbons (Fsp3) is 0.571. The van der Waals surface area contributed by atoms with Crippen molar-refractivity contribution in [1.82, 2.24) is 5.32 Å². The Kier molecular flexibility index (Phi) is 6.53. The maximum Gasteiger partial charge on any atom is 0.0417 e. The Bertz CT molecular complexity index is 352. The van der Waals surface area contributed by atoms with Crippen LogP contribution in [0, 0.1) is 5.92 Å². The summed E-state index contributed by atoms with van der Waals surface area (Å²) in [5.74, 6) is 0.779. The molecule has 1 unspecified atom stereocenters. The Balaban J connectivity index is 2.39. The second kappa shape index (κ2) is 7.40. The normalized spacial score (nSPS) is 13.1. The lowest BCUT2D eigenvalue weighted by molar-refractivity contribution is 0.450. The van der Waals surface area contributed by atoms with E-state index >= 15 is 0 Å². The van der Waals surface area contributed by atoms with Crippen LogP contribution in [0.5, 0.6) is 0 Å². The van der Waals surface area contributed by atoms with Gasteiger partial charge in [0.25, 0.3) is 0 Å². The Morgan fingerprint density at radius 3 is 2.53 bits per heavy atom. The van der Waals surface area contributed by atoms with Gasteiger partial charge in [0, 0.05) is 22.1 Å². The van der Waals surface area contributed by atoms with Crippen molar-refractivity contribution in [3.63, 3.8) is 0 Å². The van der Waals surface area contributed by atoms with Crippen LogP contribution < -0.4 is 5.32 Å². The first-order valence-electron chi connectivity index (χ1n) is 6.16. The maximum absolute atomic E-state index is 5.91. The average molecular weight is 319 g/mol. The van der Waals surface area contributed by atoms with Crippen LogP contribution >= 0.6 is 27.5 Å².